The Labute approximate surface area is 127 Å². The molecule has 1 amide bonds. The third-order valence-corrected chi connectivity index (χ3v) is 3.60. The van der Waals surface area contributed by atoms with Crippen molar-refractivity contribution < 1.29 is 9.18 Å². The zero-order chi connectivity index (χ0) is 15.7. The number of anilines is 1. The Morgan fingerprint density at radius 1 is 1.23 bits per heavy atom. The molecule has 0 unspecified atom stereocenters. The average molecular weight is 297 g/mol. The molecule has 0 fully saturated rings. The highest BCUT2D eigenvalue weighted by atomic mass is 19.1. The van der Waals surface area contributed by atoms with E-state index in [1.807, 2.05) is 36.6 Å². The van der Waals surface area contributed by atoms with Crippen LogP contribution >= 0.6 is 0 Å². The summed E-state index contributed by atoms with van der Waals surface area (Å²) in [5.41, 5.74) is 4.20. The molecule has 0 aliphatic carbocycles. The van der Waals surface area contributed by atoms with E-state index < -0.39 is 0 Å². The Morgan fingerprint density at radius 2 is 1.95 bits per heavy atom. The van der Waals surface area contributed by atoms with Crippen molar-refractivity contribution in [2.45, 2.75) is 20.3 Å². The molecule has 3 aromatic rings. The maximum atomic E-state index is 12.9. The molecule has 0 spiro atoms. The lowest BCUT2D eigenvalue weighted by Gasteiger charge is -2.06. The fourth-order valence-corrected chi connectivity index (χ4v) is 2.47. The fraction of sp³-hybridized carbons (Fsp3) is 0.176. The first-order valence-electron chi connectivity index (χ1n) is 7.03. The van der Waals surface area contributed by atoms with E-state index in [2.05, 4.69) is 10.3 Å². The third-order valence-electron chi connectivity index (χ3n) is 3.60. The normalized spacial score (nSPS) is 10.9. The van der Waals surface area contributed by atoms with Crippen LogP contribution in [0.4, 0.5) is 10.1 Å². The quantitative estimate of drug-likeness (QED) is 0.806. The van der Waals surface area contributed by atoms with Gasteiger partial charge in [0, 0.05) is 11.9 Å². The van der Waals surface area contributed by atoms with Crippen molar-refractivity contribution in [1.29, 1.82) is 0 Å². The molecule has 0 bridgehead atoms. The van der Waals surface area contributed by atoms with Crippen LogP contribution in [0, 0.1) is 19.7 Å². The number of halogens is 1. The van der Waals surface area contributed by atoms with E-state index in [0.29, 0.717) is 5.69 Å². The summed E-state index contributed by atoms with van der Waals surface area (Å²) >= 11 is 0. The largest absolute Gasteiger partial charge is 0.326 e. The minimum atomic E-state index is -0.328. The van der Waals surface area contributed by atoms with Crippen molar-refractivity contribution in [2.24, 2.45) is 0 Å². The Bertz CT molecular complexity index is 837. The van der Waals surface area contributed by atoms with Gasteiger partial charge in [0.05, 0.1) is 17.8 Å². The number of aromatic nitrogens is 2. The van der Waals surface area contributed by atoms with Gasteiger partial charge >= 0.3 is 0 Å². The second-order valence-electron chi connectivity index (χ2n) is 5.26. The maximum absolute atomic E-state index is 12.9. The van der Waals surface area contributed by atoms with Crippen molar-refractivity contribution in [3.05, 3.63) is 65.4 Å². The van der Waals surface area contributed by atoms with Crippen molar-refractivity contribution >= 4 is 17.2 Å². The van der Waals surface area contributed by atoms with Gasteiger partial charge in [-0.2, -0.15) is 0 Å². The predicted octanol–water partition coefficient (Wildman–Crippen LogP) is 3.27. The number of benzene rings is 1. The number of hydrogen-bond donors (Lipinski definition) is 1. The van der Waals surface area contributed by atoms with Crippen molar-refractivity contribution in [3.63, 3.8) is 0 Å². The van der Waals surface area contributed by atoms with Crippen molar-refractivity contribution in [2.75, 3.05) is 5.32 Å². The highest BCUT2D eigenvalue weighted by molar-refractivity contribution is 5.92. The van der Waals surface area contributed by atoms with E-state index in [9.17, 15) is 9.18 Å². The predicted molar refractivity (Wildman–Crippen MR) is 83.4 cm³/mol. The molecule has 22 heavy (non-hydrogen) atoms. The summed E-state index contributed by atoms with van der Waals surface area (Å²) in [6, 6.07) is 9.64. The van der Waals surface area contributed by atoms with E-state index in [1.54, 1.807) is 12.1 Å². The zero-order valence-corrected chi connectivity index (χ0v) is 12.4. The number of carbonyl (C=O) groups is 1. The number of imidazole rings is 1. The van der Waals surface area contributed by atoms with E-state index in [0.717, 1.165) is 22.6 Å². The number of nitrogens with zero attached hydrogens (tertiary/aromatic N) is 2. The lowest BCUT2D eigenvalue weighted by Crippen LogP contribution is -2.16. The number of nitrogens with one attached hydrogen (secondary N) is 1. The summed E-state index contributed by atoms with van der Waals surface area (Å²) in [7, 11) is 0. The summed E-state index contributed by atoms with van der Waals surface area (Å²) < 4.78 is 14.8. The number of rotatable bonds is 3. The van der Waals surface area contributed by atoms with Gasteiger partial charge in [-0.3, -0.25) is 4.79 Å². The number of fused-ring (bicyclic) bond motifs is 1. The molecule has 0 radical (unpaired) electrons. The Kier molecular flexibility index (Phi) is 3.63. The SMILES string of the molecule is Cc1nc2c(C)cccn2c1CC(=O)Nc1ccc(F)cc1. The second-order valence-corrected chi connectivity index (χ2v) is 5.26. The molecular formula is C17H16FN3O. The van der Waals surface area contributed by atoms with Crippen LogP contribution in [0.15, 0.2) is 42.6 Å². The molecule has 1 aromatic carbocycles. The first kappa shape index (κ1) is 14.3. The summed E-state index contributed by atoms with van der Waals surface area (Å²) in [5, 5.41) is 2.77. The summed E-state index contributed by atoms with van der Waals surface area (Å²) in [4.78, 5) is 16.7. The molecule has 2 aromatic heterocycles. The van der Waals surface area contributed by atoms with Crippen LogP contribution in [0.5, 0.6) is 0 Å². The molecule has 0 aliphatic heterocycles. The van der Waals surface area contributed by atoms with Gasteiger partial charge in [0.2, 0.25) is 5.91 Å². The van der Waals surface area contributed by atoms with Crippen LogP contribution in [0.2, 0.25) is 0 Å². The summed E-state index contributed by atoms with van der Waals surface area (Å²) in [6.07, 6.45) is 2.12. The maximum Gasteiger partial charge on any atom is 0.230 e. The molecule has 3 rings (SSSR count). The number of hydrogen-bond acceptors (Lipinski definition) is 2. The van der Waals surface area contributed by atoms with Gasteiger partial charge in [-0.1, -0.05) is 6.07 Å². The standard InChI is InChI=1S/C17H16FN3O/c1-11-4-3-9-21-15(12(2)19-17(11)21)10-16(22)20-14-7-5-13(18)6-8-14/h3-9H,10H2,1-2H3,(H,20,22). The van der Waals surface area contributed by atoms with E-state index >= 15 is 0 Å². The van der Waals surface area contributed by atoms with Gasteiger partial charge in [-0.05, 0) is 49.7 Å². The number of amides is 1. The third kappa shape index (κ3) is 2.70. The number of carbonyl (C=O) groups excluding carboxylic acids is 1. The van der Waals surface area contributed by atoms with E-state index in [1.165, 1.54) is 12.1 Å². The lowest BCUT2D eigenvalue weighted by atomic mass is 10.2. The molecule has 2 heterocycles. The highest BCUT2D eigenvalue weighted by Gasteiger charge is 2.14. The van der Waals surface area contributed by atoms with Crippen molar-refractivity contribution in [1.82, 2.24) is 9.38 Å². The number of aryl methyl sites for hydroxylation is 2. The lowest BCUT2D eigenvalue weighted by molar-refractivity contribution is -0.115. The molecule has 0 saturated carbocycles. The second kappa shape index (κ2) is 5.60. The van der Waals surface area contributed by atoms with Crippen LogP contribution in [0.25, 0.3) is 5.65 Å². The first-order valence-corrected chi connectivity index (χ1v) is 7.03. The molecule has 4 nitrogen and oxygen atoms in total. The molecule has 112 valence electrons. The van der Waals surface area contributed by atoms with Crippen LogP contribution in [-0.2, 0) is 11.2 Å². The van der Waals surface area contributed by atoms with Crippen LogP contribution in [-0.4, -0.2) is 15.3 Å². The first-order chi connectivity index (χ1) is 10.5. The van der Waals surface area contributed by atoms with Gasteiger partial charge in [0.15, 0.2) is 0 Å². The molecular weight excluding hydrogens is 281 g/mol. The molecule has 0 atom stereocenters. The summed E-state index contributed by atoms with van der Waals surface area (Å²) in [5.74, 6) is -0.482. The van der Waals surface area contributed by atoms with Crippen LogP contribution in [0.3, 0.4) is 0 Å². The number of pyridine rings is 1. The Hall–Kier alpha value is -2.69. The average Bonchev–Trinajstić information content (AvgIpc) is 2.80. The van der Waals surface area contributed by atoms with Gasteiger partial charge in [-0.25, -0.2) is 9.37 Å². The smallest absolute Gasteiger partial charge is 0.230 e. The van der Waals surface area contributed by atoms with Crippen LogP contribution in [0.1, 0.15) is 17.0 Å². The summed E-state index contributed by atoms with van der Waals surface area (Å²) in [6.45, 7) is 3.89. The van der Waals surface area contributed by atoms with Gasteiger partial charge in [0.25, 0.3) is 0 Å². The minimum absolute atomic E-state index is 0.155. The highest BCUT2D eigenvalue weighted by Crippen LogP contribution is 2.16. The topological polar surface area (TPSA) is 46.4 Å². The van der Waals surface area contributed by atoms with Crippen LogP contribution < -0.4 is 5.32 Å². The zero-order valence-electron chi connectivity index (χ0n) is 12.4. The van der Waals surface area contributed by atoms with E-state index in [-0.39, 0.29) is 18.1 Å². The Morgan fingerprint density at radius 3 is 2.68 bits per heavy atom. The molecule has 1 N–H and O–H groups in total. The van der Waals surface area contributed by atoms with Gasteiger partial charge in [-0.15, -0.1) is 0 Å². The van der Waals surface area contributed by atoms with Gasteiger partial charge < -0.3 is 9.72 Å². The van der Waals surface area contributed by atoms with Gasteiger partial charge in [0.1, 0.15) is 11.5 Å². The van der Waals surface area contributed by atoms with Crippen molar-refractivity contribution in [3.8, 4) is 0 Å². The fourth-order valence-electron chi connectivity index (χ4n) is 2.47. The Balaban J connectivity index is 1.84. The monoisotopic (exact) mass is 297 g/mol. The molecule has 0 aliphatic rings. The minimum Gasteiger partial charge on any atom is -0.326 e. The van der Waals surface area contributed by atoms with E-state index in [4.69, 9.17) is 0 Å². The molecule has 0 saturated heterocycles. The molecule has 5 heteroatoms.